The van der Waals surface area contributed by atoms with Gasteiger partial charge in [0, 0.05) is 18.1 Å². The van der Waals surface area contributed by atoms with Crippen molar-refractivity contribution in [2.45, 2.75) is 51.7 Å². The molecule has 0 spiro atoms. The summed E-state index contributed by atoms with van der Waals surface area (Å²) < 4.78 is 22.2. The van der Waals surface area contributed by atoms with Crippen LogP contribution in [-0.2, 0) is 11.3 Å². The van der Waals surface area contributed by atoms with Crippen molar-refractivity contribution in [1.29, 1.82) is 0 Å². The van der Waals surface area contributed by atoms with E-state index in [-0.39, 0.29) is 11.9 Å². The zero-order chi connectivity index (χ0) is 17.2. The van der Waals surface area contributed by atoms with E-state index in [1.807, 2.05) is 12.3 Å². The maximum absolute atomic E-state index is 14.6. The van der Waals surface area contributed by atoms with Crippen LogP contribution in [0.5, 0.6) is 0 Å². The molecule has 2 fully saturated rings. The molecule has 5 heteroatoms. The summed E-state index contributed by atoms with van der Waals surface area (Å²) in [4.78, 5) is 0. The Balaban J connectivity index is 1.53. The summed E-state index contributed by atoms with van der Waals surface area (Å²) in [6, 6.07) is 3.64. The molecule has 1 aromatic carbocycles. The van der Waals surface area contributed by atoms with Crippen molar-refractivity contribution in [3.8, 4) is 23.1 Å². The van der Waals surface area contributed by atoms with E-state index in [0.717, 1.165) is 37.9 Å². The Labute approximate surface area is 147 Å². The van der Waals surface area contributed by atoms with Gasteiger partial charge in [0.15, 0.2) is 0 Å². The molecule has 1 aliphatic carbocycles. The first kappa shape index (κ1) is 16.3. The highest BCUT2D eigenvalue weighted by atomic mass is 19.1. The van der Waals surface area contributed by atoms with Crippen LogP contribution < -0.4 is 0 Å². The molecule has 1 unspecified atom stereocenters. The lowest BCUT2D eigenvalue weighted by Crippen LogP contribution is -2.24. The van der Waals surface area contributed by atoms with Crippen LogP contribution in [0.2, 0.25) is 0 Å². The average molecular weight is 339 g/mol. The molecule has 0 bridgehead atoms. The Hall–Kier alpha value is -2.19. The molecule has 4 nitrogen and oxygen atoms in total. The molecule has 2 aliphatic rings. The molecule has 2 heterocycles. The molecule has 1 aromatic heterocycles. The minimum absolute atomic E-state index is 0.196. The highest BCUT2D eigenvalue weighted by Crippen LogP contribution is 2.29. The SMILES string of the molecule is Cc1c(-c2cn(CC3CCCCO3)nn2)ccc(C#CC2CC2)c1F. The molecular formula is C20H22FN3O. The molecule has 0 N–H and O–H groups in total. The number of aromatic nitrogens is 3. The van der Waals surface area contributed by atoms with Gasteiger partial charge in [0.25, 0.3) is 0 Å². The first-order chi connectivity index (χ1) is 12.2. The third kappa shape index (κ3) is 3.74. The quantitative estimate of drug-likeness (QED) is 0.800. The Morgan fingerprint density at radius 1 is 1.28 bits per heavy atom. The Morgan fingerprint density at radius 3 is 2.92 bits per heavy atom. The number of ether oxygens (including phenoxy) is 1. The van der Waals surface area contributed by atoms with Gasteiger partial charge in [-0.05, 0) is 50.7 Å². The van der Waals surface area contributed by atoms with Crippen LogP contribution in [0.3, 0.4) is 0 Å². The van der Waals surface area contributed by atoms with Crippen LogP contribution in [0.25, 0.3) is 11.3 Å². The van der Waals surface area contributed by atoms with E-state index in [0.29, 0.717) is 29.3 Å². The summed E-state index contributed by atoms with van der Waals surface area (Å²) in [5.41, 5.74) is 2.50. The molecule has 0 amide bonds. The van der Waals surface area contributed by atoms with Crippen molar-refractivity contribution >= 4 is 0 Å². The molecule has 4 rings (SSSR count). The summed E-state index contributed by atoms with van der Waals surface area (Å²) in [6.45, 7) is 3.29. The Morgan fingerprint density at radius 2 is 2.16 bits per heavy atom. The Bertz CT molecular complexity index is 823. The van der Waals surface area contributed by atoms with Crippen molar-refractivity contribution in [2.75, 3.05) is 6.61 Å². The van der Waals surface area contributed by atoms with Gasteiger partial charge >= 0.3 is 0 Å². The summed E-state index contributed by atoms with van der Waals surface area (Å²) in [5.74, 6) is 6.29. The minimum atomic E-state index is -0.254. The number of benzene rings is 1. The molecule has 1 saturated carbocycles. The monoisotopic (exact) mass is 339 g/mol. The fraction of sp³-hybridized carbons (Fsp3) is 0.500. The van der Waals surface area contributed by atoms with Crippen molar-refractivity contribution in [1.82, 2.24) is 15.0 Å². The molecule has 0 radical (unpaired) electrons. The van der Waals surface area contributed by atoms with E-state index in [4.69, 9.17) is 4.74 Å². The second-order valence-corrected chi connectivity index (χ2v) is 6.96. The van der Waals surface area contributed by atoms with Gasteiger partial charge in [-0.1, -0.05) is 23.1 Å². The van der Waals surface area contributed by atoms with Crippen molar-refractivity contribution in [2.24, 2.45) is 5.92 Å². The standard InChI is InChI=1S/C20H22FN3O/c1-14-18(10-9-16(20(14)21)8-7-15-5-6-15)19-13-24(23-22-19)12-17-4-2-3-11-25-17/h9-10,13,15,17H,2-6,11-12H2,1H3. The second-order valence-electron chi connectivity index (χ2n) is 6.96. The summed E-state index contributed by atoms with van der Waals surface area (Å²) in [6.07, 6.45) is 7.72. The molecule has 2 aromatic rings. The van der Waals surface area contributed by atoms with E-state index in [2.05, 4.69) is 22.2 Å². The lowest BCUT2D eigenvalue weighted by molar-refractivity contribution is 0.00370. The van der Waals surface area contributed by atoms with Gasteiger partial charge in [0.1, 0.15) is 11.5 Å². The van der Waals surface area contributed by atoms with Gasteiger partial charge in [0.05, 0.1) is 24.4 Å². The number of rotatable bonds is 3. The highest BCUT2D eigenvalue weighted by Gasteiger charge is 2.19. The lowest BCUT2D eigenvalue weighted by atomic mass is 10.0. The lowest BCUT2D eigenvalue weighted by Gasteiger charge is -2.21. The predicted octanol–water partition coefficient (Wildman–Crippen LogP) is 3.72. The number of hydrogen-bond acceptors (Lipinski definition) is 3. The number of nitrogens with zero attached hydrogens (tertiary/aromatic N) is 3. The normalized spacial score (nSPS) is 20.2. The first-order valence-corrected chi connectivity index (χ1v) is 9.03. The molecular weight excluding hydrogens is 317 g/mol. The fourth-order valence-corrected chi connectivity index (χ4v) is 3.14. The largest absolute Gasteiger partial charge is 0.376 e. The molecule has 1 aliphatic heterocycles. The van der Waals surface area contributed by atoms with E-state index in [1.165, 1.54) is 6.42 Å². The van der Waals surface area contributed by atoms with Crippen LogP contribution in [0, 0.1) is 30.5 Å². The van der Waals surface area contributed by atoms with Crippen LogP contribution in [-0.4, -0.2) is 27.7 Å². The molecule has 130 valence electrons. The average Bonchev–Trinajstić information content (AvgIpc) is 3.35. The van der Waals surface area contributed by atoms with Crippen molar-refractivity contribution in [3.63, 3.8) is 0 Å². The second kappa shape index (κ2) is 6.97. The van der Waals surface area contributed by atoms with Gasteiger partial charge in [-0.2, -0.15) is 0 Å². The van der Waals surface area contributed by atoms with Crippen LogP contribution in [0.4, 0.5) is 4.39 Å². The van der Waals surface area contributed by atoms with E-state index >= 15 is 0 Å². The fourth-order valence-electron chi connectivity index (χ4n) is 3.14. The van der Waals surface area contributed by atoms with Crippen molar-refractivity contribution in [3.05, 3.63) is 35.3 Å². The zero-order valence-electron chi connectivity index (χ0n) is 14.5. The first-order valence-electron chi connectivity index (χ1n) is 9.03. The number of halogens is 1. The topological polar surface area (TPSA) is 39.9 Å². The van der Waals surface area contributed by atoms with Crippen LogP contribution in [0.1, 0.15) is 43.2 Å². The van der Waals surface area contributed by atoms with Crippen molar-refractivity contribution < 1.29 is 9.13 Å². The smallest absolute Gasteiger partial charge is 0.142 e. The third-order valence-electron chi connectivity index (χ3n) is 4.85. The zero-order valence-corrected chi connectivity index (χ0v) is 14.5. The summed E-state index contributed by atoms with van der Waals surface area (Å²) in [5, 5.41) is 8.41. The minimum Gasteiger partial charge on any atom is -0.376 e. The van der Waals surface area contributed by atoms with E-state index in [9.17, 15) is 4.39 Å². The summed E-state index contributed by atoms with van der Waals surface area (Å²) >= 11 is 0. The highest BCUT2D eigenvalue weighted by molar-refractivity contribution is 5.64. The van der Waals surface area contributed by atoms with E-state index in [1.54, 1.807) is 17.7 Å². The molecule has 25 heavy (non-hydrogen) atoms. The summed E-state index contributed by atoms with van der Waals surface area (Å²) in [7, 11) is 0. The van der Waals surface area contributed by atoms with E-state index < -0.39 is 0 Å². The Kier molecular flexibility index (Phi) is 4.54. The van der Waals surface area contributed by atoms with Gasteiger partial charge in [-0.3, -0.25) is 0 Å². The maximum Gasteiger partial charge on any atom is 0.142 e. The van der Waals surface area contributed by atoms with Gasteiger partial charge < -0.3 is 4.74 Å². The van der Waals surface area contributed by atoms with Crippen LogP contribution in [0.15, 0.2) is 18.3 Å². The molecule has 1 saturated heterocycles. The van der Waals surface area contributed by atoms with Crippen LogP contribution >= 0.6 is 0 Å². The predicted molar refractivity (Wildman–Crippen MR) is 93.3 cm³/mol. The van der Waals surface area contributed by atoms with Gasteiger partial charge in [0.2, 0.25) is 0 Å². The number of hydrogen-bond donors (Lipinski definition) is 0. The third-order valence-corrected chi connectivity index (χ3v) is 4.85. The maximum atomic E-state index is 14.6. The van der Waals surface area contributed by atoms with Gasteiger partial charge in [-0.15, -0.1) is 5.10 Å². The molecule has 1 atom stereocenters. The van der Waals surface area contributed by atoms with Gasteiger partial charge in [-0.25, -0.2) is 9.07 Å².